The normalized spacial score (nSPS) is 16.1. The van der Waals surface area contributed by atoms with Gasteiger partial charge in [-0.2, -0.15) is 0 Å². The van der Waals surface area contributed by atoms with Crippen LogP contribution in [0, 0.1) is 0 Å². The van der Waals surface area contributed by atoms with Gasteiger partial charge in [0.1, 0.15) is 10.7 Å². The van der Waals surface area contributed by atoms with Crippen molar-refractivity contribution in [1.82, 2.24) is 19.9 Å². The van der Waals surface area contributed by atoms with Gasteiger partial charge in [-0.3, -0.25) is 9.59 Å². The molecule has 0 bridgehead atoms. The van der Waals surface area contributed by atoms with Crippen molar-refractivity contribution in [2.24, 2.45) is 0 Å². The molecule has 0 radical (unpaired) electrons. The molecule has 3 aromatic rings. The molecule has 0 unspecified atom stereocenters. The third-order valence-corrected chi connectivity index (χ3v) is 7.50. The van der Waals surface area contributed by atoms with E-state index in [2.05, 4.69) is 15.0 Å². The van der Waals surface area contributed by atoms with Crippen molar-refractivity contribution in [2.75, 3.05) is 13.1 Å². The van der Waals surface area contributed by atoms with E-state index in [0.717, 1.165) is 60.4 Å². The van der Waals surface area contributed by atoms with Crippen LogP contribution in [0.2, 0.25) is 0 Å². The highest BCUT2D eigenvalue weighted by molar-refractivity contribution is 7.98. The van der Waals surface area contributed by atoms with Crippen molar-refractivity contribution in [3.8, 4) is 0 Å². The highest BCUT2D eigenvalue weighted by atomic mass is 32.2. The minimum Gasteiger partial charge on any atom is -0.339 e. The number of nitrogens with zero attached hydrogens (tertiary/aromatic N) is 3. The molecule has 1 amide bonds. The molecule has 8 heteroatoms. The van der Waals surface area contributed by atoms with Crippen LogP contribution in [0.3, 0.4) is 0 Å². The zero-order chi connectivity index (χ0) is 19.1. The molecule has 4 heterocycles. The first-order chi connectivity index (χ1) is 13.7. The molecule has 0 atom stereocenters. The smallest absolute Gasteiger partial charge is 0.259 e. The number of thioether (sulfide) groups is 1. The molecule has 3 aromatic heterocycles. The van der Waals surface area contributed by atoms with Gasteiger partial charge in [0.15, 0.2) is 0 Å². The molecule has 144 valence electrons. The summed E-state index contributed by atoms with van der Waals surface area (Å²) in [4.78, 5) is 41.0. The Labute approximate surface area is 170 Å². The summed E-state index contributed by atoms with van der Waals surface area (Å²) in [5.74, 6) is 1.27. The van der Waals surface area contributed by atoms with E-state index in [0.29, 0.717) is 17.1 Å². The fourth-order valence-electron chi connectivity index (χ4n) is 3.95. The first-order valence-corrected chi connectivity index (χ1v) is 11.4. The maximum absolute atomic E-state index is 12.5. The van der Waals surface area contributed by atoms with Crippen molar-refractivity contribution in [3.05, 3.63) is 50.5 Å². The van der Waals surface area contributed by atoms with Crippen molar-refractivity contribution >= 4 is 39.2 Å². The molecule has 1 aliphatic carbocycles. The first-order valence-electron chi connectivity index (χ1n) is 9.60. The van der Waals surface area contributed by atoms with Crippen LogP contribution in [-0.2, 0) is 18.6 Å². The molecule has 1 N–H and O–H groups in total. The number of aromatic nitrogens is 3. The highest BCUT2D eigenvalue weighted by Crippen LogP contribution is 2.34. The predicted molar refractivity (Wildman–Crippen MR) is 111 cm³/mol. The van der Waals surface area contributed by atoms with Crippen molar-refractivity contribution in [3.63, 3.8) is 0 Å². The Hall–Kier alpha value is -2.19. The predicted octanol–water partition coefficient (Wildman–Crippen LogP) is 3.40. The van der Waals surface area contributed by atoms with Crippen molar-refractivity contribution in [1.29, 1.82) is 0 Å². The van der Waals surface area contributed by atoms with Crippen LogP contribution in [0.25, 0.3) is 10.2 Å². The minimum atomic E-state index is -0.0282. The summed E-state index contributed by atoms with van der Waals surface area (Å²) >= 11 is 3.17. The lowest BCUT2D eigenvalue weighted by atomic mass is 10.2. The summed E-state index contributed by atoms with van der Waals surface area (Å²) < 4.78 is 0. The number of nitrogens with one attached hydrogen (secondary N) is 1. The van der Waals surface area contributed by atoms with E-state index < -0.39 is 0 Å². The average Bonchev–Trinajstić information content (AvgIpc) is 3.43. The van der Waals surface area contributed by atoms with Gasteiger partial charge in [0.2, 0.25) is 0 Å². The second-order valence-corrected chi connectivity index (χ2v) is 9.30. The molecular weight excluding hydrogens is 392 g/mol. The van der Waals surface area contributed by atoms with E-state index in [1.807, 2.05) is 17.0 Å². The SMILES string of the molecule is O=C(c1ccc(SCc2nc3sc4c(c3c(=O)[nH]2)CCC4)nc1)N1CCCC1. The largest absolute Gasteiger partial charge is 0.339 e. The summed E-state index contributed by atoms with van der Waals surface area (Å²) in [6.45, 7) is 1.67. The van der Waals surface area contributed by atoms with Crippen LogP contribution >= 0.6 is 23.1 Å². The van der Waals surface area contributed by atoms with Crippen LogP contribution in [0.4, 0.5) is 0 Å². The quantitative estimate of drug-likeness (QED) is 0.665. The molecule has 28 heavy (non-hydrogen) atoms. The second kappa shape index (κ2) is 7.33. The molecule has 0 saturated carbocycles. The Morgan fingerprint density at radius 1 is 1.21 bits per heavy atom. The maximum atomic E-state index is 12.5. The van der Waals surface area contributed by atoms with E-state index in [-0.39, 0.29) is 11.5 Å². The molecule has 0 aromatic carbocycles. The molecule has 1 saturated heterocycles. The van der Waals surface area contributed by atoms with Crippen molar-refractivity contribution < 1.29 is 4.79 Å². The molecule has 2 aliphatic rings. The minimum absolute atomic E-state index is 0.0282. The standard InChI is InChI=1S/C20H20N4O2S2/c25-18-17-13-4-3-5-14(13)28-19(17)23-15(22-18)11-27-16-7-6-12(10-21-16)20(26)24-8-1-2-9-24/h6-7,10H,1-5,8-9,11H2,(H,22,23,25). The number of aromatic amines is 1. The third kappa shape index (κ3) is 3.24. The van der Waals surface area contributed by atoms with E-state index in [1.54, 1.807) is 17.5 Å². The summed E-state index contributed by atoms with van der Waals surface area (Å²) in [5.41, 5.74) is 1.81. The fraction of sp³-hybridized carbons (Fsp3) is 0.400. The number of fused-ring (bicyclic) bond motifs is 3. The number of thiophene rings is 1. The highest BCUT2D eigenvalue weighted by Gasteiger charge is 2.21. The van der Waals surface area contributed by atoms with Gasteiger partial charge in [-0.25, -0.2) is 9.97 Å². The summed E-state index contributed by atoms with van der Waals surface area (Å²) in [5, 5.41) is 1.60. The lowest BCUT2D eigenvalue weighted by Gasteiger charge is -2.14. The van der Waals surface area contributed by atoms with E-state index in [4.69, 9.17) is 0 Å². The van der Waals surface area contributed by atoms with E-state index >= 15 is 0 Å². The van der Waals surface area contributed by atoms with Crippen LogP contribution in [0.1, 0.15) is 45.9 Å². The number of carbonyl (C=O) groups is 1. The topological polar surface area (TPSA) is 79.0 Å². The number of hydrogen-bond donors (Lipinski definition) is 1. The molecular formula is C20H20N4O2S2. The molecule has 1 fully saturated rings. The van der Waals surface area contributed by atoms with Gasteiger partial charge in [-0.15, -0.1) is 11.3 Å². The molecule has 6 nitrogen and oxygen atoms in total. The zero-order valence-corrected chi connectivity index (χ0v) is 17.0. The average molecular weight is 413 g/mol. The van der Waals surface area contributed by atoms with E-state index in [1.165, 1.54) is 22.2 Å². The van der Waals surface area contributed by atoms with Gasteiger partial charge in [0.25, 0.3) is 11.5 Å². The lowest BCUT2D eigenvalue weighted by Crippen LogP contribution is -2.27. The Morgan fingerprint density at radius 2 is 2.07 bits per heavy atom. The fourth-order valence-corrected chi connectivity index (χ4v) is 5.95. The van der Waals surface area contributed by atoms with Crippen LogP contribution < -0.4 is 5.56 Å². The number of likely N-dealkylation sites (tertiary alicyclic amines) is 1. The van der Waals surface area contributed by atoms with Gasteiger partial charge in [-0.05, 0) is 49.8 Å². The number of aryl methyl sites for hydroxylation is 2. The summed E-state index contributed by atoms with van der Waals surface area (Å²) in [6, 6.07) is 3.70. The number of pyridine rings is 1. The van der Waals surface area contributed by atoms with Gasteiger partial charge in [-0.1, -0.05) is 11.8 Å². The van der Waals surface area contributed by atoms with Gasteiger partial charge in [0.05, 0.1) is 21.7 Å². The second-order valence-electron chi connectivity index (χ2n) is 7.22. The van der Waals surface area contributed by atoms with Crippen LogP contribution in [0.15, 0.2) is 28.2 Å². The summed E-state index contributed by atoms with van der Waals surface area (Å²) in [7, 11) is 0. The Balaban J connectivity index is 1.29. The Morgan fingerprint density at radius 3 is 2.86 bits per heavy atom. The number of amides is 1. The zero-order valence-electron chi connectivity index (χ0n) is 15.4. The van der Waals surface area contributed by atoms with Crippen molar-refractivity contribution in [2.45, 2.75) is 42.9 Å². The monoisotopic (exact) mass is 412 g/mol. The van der Waals surface area contributed by atoms with Gasteiger partial charge < -0.3 is 9.88 Å². The maximum Gasteiger partial charge on any atom is 0.259 e. The van der Waals surface area contributed by atoms with Gasteiger partial charge in [0, 0.05) is 24.2 Å². The number of rotatable bonds is 4. The molecule has 5 rings (SSSR count). The number of carbonyl (C=O) groups excluding carboxylic acids is 1. The molecule has 0 spiro atoms. The third-order valence-electron chi connectivity index (χ3n) is 5.36. The Kier molecular flexibility index (Phi) is 4.68. The first kappa shape index (κ1) is 17.9. The van der Waals surface area contributed by atoms with Crippen LogP contribution in [0.5, 0.6) is 0 Å². The van der Waals surface area contributed by atoms with Crippen LogP contribution in [-0.4, -0.2) is 38.8 Å². The lowest BCUT2D eigenvalue weighted by molar-refractivity contribution is 0.0792. The molecule has 1 aliphatic heterocycles. The summed E-state index contributed by atoms with van der Waals surface area (Å²) in [6.07, 6.45) is 6.99. The number of H-pyrrole nitrogens is 1. The number of hydrogen-bond acceptors (Lipinski definition) is 6. The van der Waals surface area contributed by atoms with Gasteiger partial charge >= 0.3 is 0 Å². The van der Waals surface area contributed by atoms with E-state index in [9.17, 15) is 9.59 Å². The Bertz CT molecular complexity index is 1100.